The molecule has 0 atom stereocenters. The quantitative estimate of drug-likeness (QED) is 0.663. The maximum atomic E-state index is 12.6. The third-order valence-electron chi connectivity index (χ3n) is 5.47. The van der Waals surface area contributed by atoms with Crippen molar-refractivity contribution in [3.05, 3.63) is 60.6 Å². The van der Waals surface area contributed by atoms with Crippen molar-refractivity contribution in [1.29, 1.82) is 0 Å². The number of para-hydroxylation sites is 1. The van der Waals surface area contributed by atoms with E-state index < -0.39 is 0 Å². The van der Waals surface area contributed by atoms with E-state index in [-0.39, 0.29) is 17.7 Å². The van der Waals surface area contributed by atoms with Gasteiger partial charge in [0.15, 0.2) is 0 Å². The number of hydrogen-bond donors (Lipinski definition) is 1. The van der Waals surface area contributed by atoms with Gasteiger partial charge in [0.1, 0.15) is 0 Å². The number of nitrogens with one attached hydrogen (secondary N) is 1. The highest BCUT2D eigenvalue weighted by Gasteiger charge is 2.26. The Hall–Kier alpha value is -3.48. The van der Waals surface area contributed by atoms with Gasteiger partial charge >= 0.3 is 0 Å². The molecule has 1 aliphatic heterocycles. The summed E-state index contributed by atoms with van der Waals surface area (Å²) in [6, 6.07) is 9.82. The van der Waals surface area contributed by atoms with Crippen LogP contribution in [0.5, 0.6) is 0 Å². The van der Waals surface area contributed by atoms with Crippen molar-refractivity contribution in [2.45, 2.75) is 26.3 Å². The minimum absolute atomic E-state index is 0.00451. The molecule has 2 aromatic heterocycles. The van der Waals surface area contributed by atoms with Crippen LogP contribution in [0, 0.1) is 5.92 Å². The summed E-state index contributed by atoms with van der Waals surface area (Å²) in [7, 11) is 0. The third kappa shape index (κ3) is 4.40. The second-order valence-corrected chi connectivity index (χ2v) is 7.43. The standard InChI is InChI=1S/C23H25N5O2/c1-2-28-16-20(15-25-28)26-23(30)19-10-13-27(14-11-19)21(29)9-8-18-6-3-5-17-7-4-12-24-22(17)18/h3-9,12,15-16,19H,2,10-11,13-14H2,1H3,(H,26,30)/b9-8+. The van der Waals surface area contributed by atoms with E-state index in [0.717, 1.165) is 23.0 Å². The second-order valence-electron chi connectivity index (χ2n) is 7.43. The Labute approximate surface area is 175 Å². The van der Waals surface area contributed by atoms with E-state index >= 15 is 0 Å². The first-order valence-electron chi connectivity index (χ1n) is 10.3. The summed E-state index contributed by atoms with van der Waals surface area (Å²) in [5.41, 5.74) is 2.51. The van der Waals surface area contributed by atoms with Crippen LogP contribution < -0.4 is 5.32 Å². The number of hydrogen-bond acceptors (Lipinski definition) is 4. The van der Waals surface area contributed by atoms with Crippen LogP contribution in [0.3, 0.4) is 0 Å². The second kappa shape index (κ2) is 8.90. The molecule has 1 aliphatic rings. The molecule has 7 nitrogen and oxygen atoms in total. The molecule has 0 unspecified atom stereocenters. The number of aromatic nitrogens is 3. The van der Waals surface area contributed by atoms with Crippen molar-refractivity contribution < 1.29 is 9.59 Å². The van der Waals surface area contributed by atoms with Crippen LogP contribution >= 0.6 is 0 Å². The Morgan fingerprint density at radius 2 is 2.00 bits per heavy atom. The highest BCUT2D eigenvalue weighted by molar-refractivity contribution is 5.96. The van der Waals surface area contributed by atoms with Crippen LogP contribution in [0.15, 0.2) is 55.0 Å². The molecule has 154 valence electrons. The van der Waals surface area contributed by atoms with Gasteiger partial charge in [-0.2, -0.15) is 5.10 Å². The van der Waals surface area contributed by atoms with Crippen LogP contribution in [0.2, 0.25) is 0 Å². The molecule has 0 saturated carbocycles. The predicted octanol–water partition coefficient (Wildman–Crippen LogP) is 3.34. The number of amides is 2. The average Bonchev–Trinajstić information content (AvgIpc) is 3.25. The van der Waals surface area contributed by atoms with Crippen LogP contribution in [0.4, 0.5) is 5.69 Å². The molecule has 4 rings (SSSR count). The molecule has 3 aromatic rings. The zero-order valence-corrected chi connectivity index (χ0v) is 17.0. The summed E-state index contributed by atoms with van der Waals surface area (Å²) in [6.07, 6.45) is 9.97. The van der Waals surface area contributed by atoms with Crippen molar-refractivity contribution in [2.24, 2.45) is 5.92 Å². The zero-order valence-electron chi connectivity index (χ0n) is 17.0. The Bertz CT molecular complexity index is 1070. The highest BCUT2D eigenvalue weighted by atomic mass is 16.2. The number of carbonyl (C=O) groups is 2. The highest BCUT2D eigenvalue weighted by Crippen LogP contribution is 2.21. The van der Waals surface area contributed by atoms with Gasteiger partial charge in [-0.25, -0.2) is 0 Å². The van der Waals surface area contributed by atoms with Gasteiger partial charge in [-0.3, -0.25) is 19.3 Å². The number of likely N-dealkylation sites (tertiary alicyclic amines) is 1. The molecule has 3 heterocycles. The van der Waals surface area contributed by atoms with Crippen molar-refractivity contribution in [2.75, 3.05) is 18.4 Å². The van der Waals surface area contributed by atoms with Crippen molar-refractivity contribution in [1.82, 2.24) is 19.7 Å². The molecular weight excluding hydrogens is 378 g/mol. The Morgan fingerprint density at radius 1 is 1.20 bits per heavy atom. The van der Waals surface area contributed by atoms with Gasteiger partial charge in [0.2, 0.25) is 11.8 Å². The molecule has 1 aromatic carbocycles. The molecule has 0 spiro atoms. The summed E-state index contributed by atoms with van der Waals surface area (Å²) < 4.78 is 1.77. The smallest absolute Gasteiger partial charge is 0.246 e. The molecule has 30 heavy (non-hydrogen) atoms. The third-order valence-corrected chi connectivity index (χ3v) is 5.47. The van der Waals surface area contributed by atoms with Crippen molar-refractivity contribution in [3.8, 4) is 0 Å². The fourth-order valence-corrected chi connectivity index (χ4v) is 3.74. The van der Waals surface area contributed by atoms with Crippen LogP contribution in [-0.4, -0.2) is 44.6 Å². The largest absolute Gasteiger partial charge is 0.339 e. The summed E-state index contributed by atoms with van der Waals surface area (Å²) in [5.74, 6) is -0.133. The van der Waals surface area contributed by atoms with Crippen LogP contribution in [0.1, 0.15) is 25.3 Å². The summed E-state index contributed by atoms with van der Waals surface area (Å²) in [5, 5.41) is 8.14. The number of nitrogens with zero attached hydrogens (tertiary/aromatic N) is 4. The maximum absolute atomic E-state index is 12.6. The normalized spacial score (nSPS) is 15.0. The fraction of sp³-hybridized carbons (Fsp3) is 0.304. The first-order chi connectivity index (χ1) is 14.6. The van der Waals surface area contributed by atoms with E-state index in [1.807, 2.05) is 49.5 Å². The van der Waals surface area contributed by atoms with Gasteiger partial charge in [-0.05, 0) is 31.9 Å². The molecule has 7 heteroatoms. The Morgan fingerprint density at radius 3 is 2.77 bits per heavy atom. The molecule has 2 amide bonds. The fourth-order valence-electron chi connectivity index (χ4n) is 3.74. The van der Waals surface area contributed by atoms with Gasteiger partial charge in [0.05, 0.1) is 17.4 Å². The van der Waals surface area contributed by atoms with Gasteiger partial charge in [0.25, 0.3) is 0 Å². The lowest BCUT2D eigenvalue weighted by molar-refractivity contribution is -0.130. The maximum Gasteiger partial charge on any atom is 0.246 e. The van der Waals surface area contributed by atoms with E-state index in [2.05, 4.69) is 15.4 Å². The van der Waals surface area contributed by atoms with Crippen LogP contribution in [-0.2, 0) is 16.1 Å². The first-order valence-corrected chi connectivity index (χ1v) is 10.3. The van der Waals surface area contributed by atoms with E-state index in [1.54, 1.807) is 28.1 Å². The van der Waals surface area contributed by atoms with Gasteiger partial charge in [0, 0.05) is 55.0 Å². The summed E-state index contributed by atoms with van der Waals surface area (Å²) in [6.45, 7) is 3.90. The minimum atomic E-state index is -0.0923. The number of piperidine rings is 1. The van der Waals surface area contributed by atoms with Gasteiger partial charge in [-0.15, -0.1) is 0 Å². The number of rotatable bonds is 5. The van der Waals surface area contributed by atoms with Gasteiger partial charge in [-0.1, -0.05) is 24.3 Å². The van der Waals surface area contributed by atoms with Crippen molar-refractivity contribution in [3.63, 3.8) is 0 Å². The van der Waals surface area contributed by atoms with Crippen molar-refractivity contribution >= 4 is 34.5 Å². The number of pyridine rings is 1. The van der Waals surface area contributed by atoms with Crippen LogP contribution in [0.25, 0.3) is 17.0 Å². The Kier molecular flexibility index (Phi) is 5.88. The summed E-state index contributed by atoms with van der Waals surface area (Å²) >= 11 is 0. The molecule has 0 radical (unpaired) electrons. The van der Waals surface area contributed by atoms with E-state index in [4.69, 9.17) is 0 Å². The SMILES string of the molecule is CCn1cc(NC(=O)C2CCN(C(=O)/C=C/c3cccc4cccnc34)CC2)cn1. The number of benzene rings is 1. The lowest BCUT2D eigenvalue weighted by Crippen LogP contribution is -2.40. The number of fused-ring (bicyclic) bond motifs is 1. The van der Waals surface area contributed by atoms with E-state index in [9.17, 15) is 9.59 Å². The van der Waals surface area contributed by atoms with E-state index in [1.165, 1.54) is 0 Å². The molecule has 0 bridgehead atoms. The molecule has 1 fully saturated rings. The molecular formula is C23H25N5O2. The summed E-state index contributed by atoms with van der Waals surface area (Å²) in [4.78, 5) is 31.3. The predicted molar refractivity (Wildman–Crippen MR) is 117 cm³/mol. The minimum Gasteiger partial charge on any atom is -0.339 e. The monoisotopic (exact) mass is 403 g/mol. The number of aryl methyl sites for hydroxylation is 1. The topological polar surface area (TPSA) is 80.1 Å². The Balaban J connectivity index is 1.32. The molecule has 1 saturated heterocycles. The molecule has 1 N–H and O–H groups in total. The zero-order chi connectivity index (χ0) is 20.9. The lowest BCUT2D eigenvalue weighted by atomic mass is 9.95. The first kappa shape index (κ1) is 19.8. The number of anilines is 1. The lowest BCUT2D eigenvalue weighted by Gasteiger charge is -2.30. The van der Waals surface area contributed by atoms with Gasteiger partial charge < -0.3 is 10.2 Å². The number of carbonyl (C=O) groups excluding carboxylic acids is 2. The average molecular weight is 403 g/mol. The van der Waals surface area contributed by atoms with E-state index in [0.29, 0.717) is 31.6 Å². The molecule has 0 aliphatic carbocycles.